The molecule has 7 heteroatoms. The summed E-state index contributed by atoms with van der Waals surface area (Å²) in [5.41, 5.74) is -0.547. The summed E-state index contributed by atoms with van der Waals surface area (Å²) >= 11 is 0. The van der Waals surface area contributed by atoms with Gasteiger partial charge < -0.3 is 4.42 Å². The topological polar surface area (TPSA) is 87.1 Å². The Labute approximate surface area is 128 Å². The van der Waals surface area contributed by atoms with Crippen LogP contribution in [0.1, 0.15) is 0 Å². The molecule has 0 aliphatic carbocycles. The second-order valence-electron chi connectivity index (χ2n) is 5.35. The van der Waals surface area contributed by atoms with Gasteiger partial charge in [-0.2, -0.15) is 4.98 Å². The van der Waals surface area contributed by atoms with Gasteiger partial charge >= 0.3 is 5.69 Å². The molecule has 0 amide bonds. The van der Waals surface area contributed by atoms with Crippen molar-refractivity contribution in [3.05, 3.63) is 61.4 Å². The molecule has 1 aromatic carbocycles. The van der Waals surface area contributed by atoms with E-state index in [0.717, 1.165) is 4.57 Å². The molecule has 114 valence electrons. The van der Waals surface area contributed by atoms with Crippen molar-refractivity contribution in [2.45, 2.75) is 0 Å². The monoisotopic (exact) mass is 309 g/mol. The van der Waals surface area contributed by atoms with E-state index < -0.39 is 11.2 Å². The number of pyridine rings is 1. The second kappa shape index (κ2) is 4.39. The maximum Gasteiger partial charge on any atom is 0.332 e. The van der Waals surface area contributed by atoms with Crippen LogP contribution in [0, 0.1) is 0 Å². The molecule has 0 unspecified atom stereocenters. The first-order chi connectivity index (χ1) is 11.0. The number of rotatable bonds is 0. The standard InChI is InChI=1S/C16H11N3O4/c1-18-13-10(15(21)19(2)16(18)22)7-9-12(20)8-5-3-4-6-11(8)23-14(9)17-13/h3-7H,1-2H3. The third-order valence-electron chi connectivity index (χ3n) is 3.98. The van der Waals surface area contributed by atoms with Gasteiger partial charge in [-0.25, -0.2) is 4.79 Å². The number of hydrogen-bond acceptors (Lipinski definition) is 5. The fourth-order valence-corrected chi connectivity index (χ4v) is 2.72. The Kier molecular flexibility index (Phi) is 2.57. The summed E-state index contributed by atoms with van der Waals surface area (Å²) in [5, 5.41) is 0.833. The van der Waals surface area contributed by atoms with E-state index in [9.17, 15) is 14.4 Å². The molecule has 0 bridgehead atoms. The minimum absolute atomic E-state index is 0.101. The van der Waals surface area contributed by atoms with E-state index in [2.05, 4.69) is 4.98 Å². The highest BCUT2D eigenvalue weighted by Crippen LogP contribution is 2.19. The summed E-state index contributed by atoms with van der Waals surface area (Å²) in [4.78, 5) is 41.1. The number of aromatic nitrogens is 3. The van der Waals surface area contributed by atoms with Gasteiger partial charge in [0.1, 0.15) is 5.58 Å². The lowest BCUT2D eigenvalue weighted by atomic mass is 10.1. The van der Waals surface area contributed by atoms with Gasteiger partial charge in [0.05, 0.1) is 16.2 Å². The van der Waals surface area contributed by atoms with Crippen molar-refractivity contribution in [1.82, 2.24) is 14.1 Å². The minimum Gasteiger partial charge on any atom is -0.437 e. The first kappa shape index (κ1) is 13.4. The average molecular weight is 309 g/mol. The van der Waals surface area contributed by atoms with Crippen LogP contribution in [-0.4, -0.2) is 14.1 Å². The van der Waals surface area contributed by atoms with Crippen molar-refractivity contribution < 1.29 is 4.42 Å². The van der Waals surface area contributed by atoms with Crippen LogP contribution in [0.2, 0.25) is 0 Å². The van der Waals surface area contributed by atoms with Crippen LogP contribution >= 0.6 is 0 Å². The molecule has 0 radical (unpaired) electrons. The van der Waals surface area contributed by atoms with Gasteiger partial charge in [0.25, 0.3) is 5.56 Å². The van der Waals surface area contributed by atoms with Gasteiger partial charge in [-0.1, -0.05) is 12.1 Å². The third kappa shape index (κ3) is 1.70. The van der Waals surface area contributed by atoms with E-state index in [-0.39, 0.29) is 27.6 Å². The highest BCUT2D eigenvalue weighted by molar-refractivity contribution is 5.93. The number of aryl methyl sites for hydroxylation is 1. The SMILES string of the molecule is Cn1c(=O)c2cc3c(=O)c4ccccc4oc3nc2n(C)c1=O. The van der Waals surface area contributed by atoms with Crippen molar-refractivity contribution >= 4 is 33.1 Å². The smallest absolute Gasteiger partial charge is 0.332 e. The highest BCUT2D eigenvalue weighted by atomic mass is 16.3. The fraction of sp³-hybridized carbons (Fsp3) is 0.125. The maximum absolute atomic E-state index is 12.6. The molecule has 3 aromatic heterocycles. The van der Waals surface area contributed by atoms with Gasteiger partial charge in [0.2, 0.25) is 11.1 Å². The normalized spacial score (nSPS) is 11.6. The Morgan fingerprint density at radius 2 is 1.70 bits per heavy atom. The zero-order valence-corrected chi connectivity index (χ0v) is 12.4. The number of benzene rings is 1. The highest BCUT2D eigenvalue weighted by Gasteiger charge is 2.15. The lowest BCUT2D eigenvalue weighted by molar-refractivity contribution is 0.642. The molecule has 0 saturated carbocycles. The fourth-order valence-electron chi connectivity index (χ4n) is 2.72. The molecule has 0 atom stereocenters. The number of fused-ring (bicyclic) bond motifs is 3. The predicted octanol–water partition coefficient (Wildman–Crippen LogP) is 0.892. The summed E-state index contributed by atoms with van der Waals surface area (Å²) in [7, 11) is 2.90. The molecule has 0 aliphatic rings. The van der Waals surface area contributed by atoms with Crippen LogP contribution in [0.4, 0.5) is 0 Å². The Balaban J connectivity index is 2.34. The Morgan fingerprint density at radius 3 is 2.48 bits per heavy atom. The van der Waals surface area contributed by atoms with Gasteiger partial charge in [-0.3, -0.25) is 18.7 Å². The van der Waals surface area contributed by atoms with Gasteiger partial charge in [-0.15, -0.1) is 0 Å². The van der Waals surface area contributed by atoms with Crippen molar-refractivity contribution in [2.24, 2.45) is 14.1 Å². The van der Waals surface area contributed by atoms with Crippen LogP contribution in [-0.2, 0) is 14.1 Å². The average Bonchev–Trinajstić information content (AvgIpc) is 2.57. The third-order valence-corrected chi connectivity index (χ3v) is 3.98. The summed E-state index contributed by atoms with van der Waals surface area (Å²) in [6, 6.07) is 8.26. The van der Waals surface area contributed by atoms with Crippen molar-refractivity contribution in [3.63, 3.8) is 0 Å². The van der Waals surface area contributed by atoms with Crippen LogP contribution in [0.3, 0.4) is 0 Å². The second-order valence-corrected chi connectivity index (χ2v) is 5.35. The van der Waals surface area contributed by atoms with E-state index in [1.165, 1.54) is 24.7 Å². The first-order valence-corrected chi connectivity index (χ1v) is 6.91. The van der Waals surface area contributed by atoms with Gasteiger partial charge in [0.15, 0.2) is 5.65 Å². The van der Waals surface area contributed by atoms with Crippen molar-refractivity contribution in [1.29, 1.82) is 0 Å². The molecule has 0 fully saturated rings. The summed E-state index contributed by atoms with van der Waals surface area (Å²) in [6.45, 7) is 0. The molecule has 0 aliphatic heterocycles. The van der Waals surface area contributed by atoms with Crippen LogP contribution in [0.5, 0.6) is 0 Å². The molecule has 0 spiro atoms. The van der Waals surface area contributed by atoms with Crippen molar-refractivity contribution in [3.8, 4) is 0 Å². The van der Waals surface area contributed by atoms with E-state index >= 15 is 0 Å². The lowest BCUT2D eigenvalue weighted by Gasteiger charge is -2.07. The Hall–Kier alpha value is -3.22. The van der Waals surface area contributed by atoms with Crippen LogP contribution < -0.4 is 16.7 Å². The summed E-state index contributed by atoms with van der Waals surface area (Å²) < 4.78 is 7.90. The number of hydrogen-bond donors (Lipinski definition) is 0. The minimum atomic E-state index is -0.495. The van der Waals surface area contributed by atoms with E-state index in [4.69, 9.17) is 4.42 Å². The quantitative estimate of drug-likeness (QED) is 0.450. The Bertz CT molecular complexity index is 1290. The molecular formula is C16H11N3O4. The Morgan fingerprint density at radius 1 is 0.957 bits per heavy atom. The van der Waals surface area contributed by atoms with Gasteiger partial charge in [-0.05, 0) is 18.2 Å². The largest absolute Gasteiger partial charge is 0.437 e. The lowest BCUT2D eigenvalue weighted by Crippen LogP contribution is -2.37. The van der Waals surface area contributed by atoms with E-state index in [1.54, 1.807) is 24.3 Å². The molecule has 0 saturated heterocycles. The predicted molar refractivity (Wildman–Crippen MR) is 85.8 cm³/mol. The molecule has 4 aromatic rings. The first-order valence-electron chi connectivity index (χ1n) is 6.91. The summed E-state index contributed by atoms with van der Waals surface area (Å²) in [6.07, 6.45) is 0. The molecular weight excluding hydrogens is 298 g/mol. The number of nitrogens with zero attached hydrogens (tertiary/aromatic N) is 3. The van der Waals surface area contributed by atoms with Gasteiger partial charge in [0, 0.05) is 14.1 Å². The number of para-hydroxylation sites is 1. The molecule has 0 N–H and O–H groups in total. The molecule has 23 heavy (non-hydrogen) atoms. The molecule has 3 heterocycles. The zero-order chi connectivity index (χ0) is 16.3. The molecule has 7 nitrogen and oxygen atoms in total. The molecule has 4 rings (SSSR count). The van der Waals surface area contributed by atoms with E-state index in [1.807, 2.05) is 0 Å². The summed E-state index contributed by atoms with van der Waals surface area (Å²) in [5.74, 6) is 0. The van der Waals surface area contributed by atoms with Crippen LogP contribution in [0.25, 0.3) is 33.1 Å². The van der Waals surface area contributed by atoms with E-state index in [0.29, 0.717) is 11.0 Å². The van der Waals surface area contributed by atoms with Crippen molar-refractivity contribution in [2.75, 3.05) is 0 Å². The van der Waals surface area contributed by atoms with Crippen LogP contribution in [0.15, 0.2) is 49.1 Å². The zero-order valence-electron chi connectivity index (χ0n) is 12.4. The maximum atomic E-state index is 12.6.